The summed E-state index contributed by atoms with van der Waals surface area (Å²) in [4.78, 5) is 21.1. The van der Waals surface area contributed by atoms with Gasteiger partial charge in [0.25, 0.3) is 5.91 Å². The first-order chi connectivity index (χ1) is 11.5. The molecule has 24 heavy (non-hydrogen) atoms. The summed E-state index contributed by atoms with van der Waals surface area (Å²) in [5.41, 5.74) is 2.96. The summed E-state index contributed by atoms with van der Waals surface area (Å²) in [6.07, 6.45) is 3.38. The highest BCUT2D eigenvalue weighted by Crippen LogP contribution is 2.23. The first-order valence-corrected chi connectivity index (χ1v) is 8.96. The van der Waals surface area contributed by atoms with Gasteiger partial charge in [-0.3, -0.25) is 4.79 Å². The van der Waals surface area contributed by atoms with Crippen LogP contribution < -0.4 is 10.6 Å². The van der Waals surface area contributed by atoms with E-state index >= 15 is 0 Å². The van der Waals surface area contributed by atoms with E-state index in [1.54, 1.807) is 6.07 Å². The molecule has 0 fully saturated rings. The standard InChI is InChI=1S/C18H23BrN4O/c1-4-5-6-9-20-18-21-13(3)11-16(23-18)17(24)22-15-8-7-12(2)10-14(15)19/h7-8,10-11H,4-6,9H2,1-3H3,(H,22,24)(H,20,21,23). The van der Waals surface area contributed by atoms with E-state index in [2.05, 4.69) is 43.5 Å². The van der Waals surface area contributed by atoms with Crippen LogP contribution in [0.5, 0.6) is 0 Å². The Bertz CT molecular complexity index is 718. The number of hydrogen-bond donors (Lipinski definition) is 2. The fraction of sp³-hybridized carbons (Fsp3) is 0.389. The number of nitrogens with one attached hydrogen (secondary N) is 2. The van der Waals surface area contributed by atoms with Gasteiger partial charge in [0, 0.05) is 16.7 Å². The summed E-state index contributed by atoms with van der Waals surface area (Å²) in [5.74, 6) is 0.251. The summed E-state index contributed by atoms with van der Waals surface area (Å²) in [6.45, 7) is 6.83. The normalized spacial score (nSPS) is 10.5. The molecule has 128 valence electrons. The van der Waals surface area contributed by atoms with E-state index in [0.717, 1.165) is 47.2 Å². The Labute approximate surface area is 151 Å². The molecule has 2 rings (SSSR count). The van der Waals surface area contributed by atoms with Crippen LogP contribution in [-0.2, 0) is 0 Å². The third-order valence-electron chi connectivity index (χ3n) is 3.52. The Balaban J connectivity index is 2.09. The van der Waals surface area contributed by atoms with Gasteiger partial charge >= 0.3 is 0 Å². The summed E-state index contributed by atoms with van der Waals surface area (Å²) >= 11 is 3.47. The number of amides is 1. The molecule has 0 radical (unpaired) electrons. The summed E-state index contributed by atoms with van der Waals surface area (Å²) in [6, 6.07) is 7.47. The van der Waals surface area contributed by atoms with Gasteiger partial charge in [0.2, 0.25) is 5.95 Å². The molecule has 0 saturated heterocycles. The van der Waals surface area contributed by atoms with Crippen molar-refractivity contribution in [2.45, 2.75) is 40.0 Å². The molecule has 1 amide bonds. The minimum Gasteiger partial charge on any atom is -0.354 e. The number of hydrogen-bond acceptors (Lipinski definition) is 4. The highest BCUT2D eigenvalue weighted by molar-refractivity contribution is 9.10. The molecule has 0 unspecified atom stereocenters. The van der Waals surface area contributed by atoms with Crippen LogP contribution in [0.1, 0.15) is 47.9 Å². The summed E-state index contributed by atoms with van der Waals surface area (Å²) in [7, 11) is 0. The SMILES string of the molecule is CCCCCNc1nc(C)cc(C(=O)Nc2ccc(C)cc2Br)n1. The molecule has 6 heteroatoms. The molecule has 2 aromatic rings. The minimum absolute atomic E-state index is 0.248. The molecule has 0 spiro atoms. The van der Waals surface area contributed by atoms with Crippen LogP contribution >= 0.6 is 15.9 Å². The van der Waals surface area contributed by atoms with Crippen molar-refractivity contribution in [2.75, 3.05) is 17.2 Å². The average Bonchev–Trinajstić information content (AvgIpc) is 2.53. The molecular formula is C18H23BrN4O. The lowest BCUT2D eigenvalue weighted by molar-refractivity contribution is 0.102. The molecule has 5 nitrogen and oxygen atoms in total. The molecule has 0 aliphatic heterocycles. The summed E-state index contributed by atoms with van der Waals surface area (Å²) in [5, 5.41) is 6.07. The van der Waals surface area contributed by atoms with Crippen LogP contribution in [0.3, 0.4) is 0 Å². The molecule has 1 aromatic carbocycles. The molecule has 2 N–H and O–H groups in total. The predicted molar refractivity (Wildman–Crippen MR) is 102 cm³/mol. The van der Waals surface area contributed by atoms with E-state index in [0.29, 0.717) is 11.6 Å². The van der Waals surface area contributed by atoms with Crippen molar-refractivity contribution in [3.05, 3.63) is 45.7 Å². The lowest BCUT2D eigenvalue weighted by atomic mass is 10.2. The quantitative estimate of drug-likeness (QED) is 0.671. The number of aryl methyl sites for hydroxylation is 2. The van der Waals surface area contributed by atoms with Crippen LogP contribution in [0.2, 0.25) is 0 Å². The molecule has 0 saturated carbocycles. The number of anilines is 2. The van der Waals surface area contributed by atoms with Gasteiger partial charge in [0.1, 0.15) is 5.69 Å². The van der Waals surface area contributed by atoms with Crippen molar-refractivity contribution < 1.29 is 4.79 Å². The van der Waals surface area contributed by atoms with Crippen molar-refractivity contribution in [1.29, 1.82) is 0 Å². The molecule has 0 atom stereocenters. The maximum absolute atomic E-state index is 12.5. The van der Waals surface area contributed by atoms with Gasteiger partial charge in [-0.05, 0) is 60.0 Å². The Morgan fingerprint density at radius 1 is 1.17 bits per heavy atom. The topological polar surface area (TPSA) is 66.9 Å². The maximum Gasteiger partial charge on any atom is 0.274 e. The zero-order chi connectivity index (χ0) is 17.5. The average molecular weight is 391 g/mol. The zero-order valence-electron chi connectivity index (χ0n) is 14.3. The Morgan fingerprint density at radius 2 is 1.96 bits per heavy atom. The smallest absolute Gasteiger partial charge is 0.274 e. The van der Waals surface area contributed by atoms with Crippen LogP contribution in [0.15, 0.2) is 28.7 Å². The number of nitrogens with zero attached hydrogens (tertiary/aromatic N) is 2. The Hall–Kier alpha value is -1.95. The first kappa shape index (κ1) is 18.4. The largest absolute Gasteiger partial charge is 0.354 e. The Kier molecular flexibility index (Phi) is 6.73. The number of halogens is 1. The van der Waals surface area contributed by atoms with E-state index in [-0.39, 0.29) is 5.91 Å². The number of benzene rings is 1. The molecular weight excluding hydrogens is 368 g/mol. The van der Waals surface area contributed by atoms with Crippen LogP contribution in [0.4, 0.5) is 11.6 Å². The molecule has 0 aliphatic carbocycles. The lowest BCUT2D eigenvalue weighted by Gasteiger charge is -2.10. The van der Waals surface area contributed by atoms with Gasteiger partial charge in [-0.15, -0.1) is 0 Å². The number of carbonyl (C=O) groups is 1. The minimum atomic E-state index is -0.248. The fourth-order valence-electron chi connectivity index (χ4n) is 2.25. The van der Waals surface area contributed by atoms with Gasteiger partial charge in [-0.25, -0.2) is 9.97 Å². The van der Waals surface area contributed by atoms with Crippen LogP contribution in [0.25, 0.3) is 0 Å². The number of carbonyl (C=O) groups excluding carboxylic acids is 1. The van der Waals surface area contributed by atoms with Crippen LogP contribution in [0, 0.1) is 13.8 Å². The van der Waals surface area contributed by atoms with E-state index < -0.39 is 0 Å². The third-order valence-corrected chi connectivity index (χ3v) is 4.18. The molecule has 1 aromatic heterocycles. The van der Waals surface area contributed by atoms with Crippen molar-refractivity contribution >= 4 is 33.5 Å². The second-order valence-corrected chi connectivity index (χ2v) is 6.64. The Morgan fingerprint density at radius 3 is 2.67 bits per heavy atom. The van der Waals surface area contributed by atoms with Crippen LogP contribution in [-0.4, -0.2) is 22.4 Å². The molecule has 0 bridgehead atoms. The van der Waals surface area contributed by atoms with Crippen molar-refractivity contribution in [2.24, 2.45) is 0 Å². The second-order valence-electron chi connectivity index (χ2n) is 5.79. The predicted octanol–water partition coefficient (Wildman–Crippen LogP) is 4.71. The van der Waals surface area contributed by atoms with E-state index in [1.807, 2.05) is 32.0 Å². The van der Waals surface area contributed by atoms with Gasteiger partial charge < -0.3 is 10.6 Å². The highest BCUT2D eigenvalue weighted by atomic mass is 79.9. The highest BCUT2D eigenvalue weighted by Gasteiger charge is 2.12. The number of unbranched alkanes of at least 4 members (excludes halogenated alkanes) is 2. The van der Waals surface area contributed by atoms with Gasteiger partial charge in [-0.2, -0.15) is 0 Å². The van der Waals surface area contributed by atoms with E-state index in [4.69, 9.17) is 0 Å². The number of rotatable bonds is 7. The van der Waals surface area contributed by atoms with Gasteiger partial charge in [0.15, 0.2) is 0 Å². The van der Waals surface area contributed by atoms with Gasteiger partial charge in [-0.1, -0.05) is 25.8 Å². The maximum atomic E-state index is 12.5. The zero-order valence-corrected chi connectivity index (χ0v) is 15.9. The molecule has 0 aliphatic rings. The van der Waals surface area contributed by atoms with Crippen molar-refractivity contribution in [1.82, 2.24) is 9.97 Å². The molecule has 1 heterocycles. The first-order valence-electron chi connectivity index (χ1n) is 8.16. The fourth-order valence-corrected chi connectivity index (χ4v) is 2.84. The van der Waals surface area contributed by atoms with Crippen molar-refractivity contribution in [3.63, 3.8) is 0 Å². The summed E-state index contributed by atoms with van der Waals surface area (Å²) < 4.78 is 0.847. The van der Waals surface area contributed by atoms with Gasteiger partial charge in [0.05, 0.1) is 5.69 Å². The van der Waals surface area contributed by atoms with Crippen molar-refractivity contribution in [3.8, 4) is 0 Å². The lowest BCUT2D eigenvalue weighted by Crippen LogP contribution is -2.16. The third kappa shape index (κ3) is 5.30. The second kappa shape index (κ2) is 8.78. The van der Waals surface area contributed by atoms with E-state index in [9.17, 15) is 4.79 Å². The monoisotopic (exact) mass is 390 g/mol. The number of aromatic nitrogens is 2. The van der Waals surface area contributed by atoms with E-state index in [1.165, 1.54) is 0 Å².